The summed E-state index contributed by atoms with van der Waals surface area (Å²) in [5, 5.41) is 24.7. The molecule has 0 radical (unpaired) electrons. The maximum atomic E-state index is 13.9. The Kier molecular flexibility index (Phi) is 21.1. The molecule has 1 heterocycles. The number of hydrogen-bond donors (Lipinski definition) is 3. The summed E-state index contributed by atoms with van der Waals surface area (Å²) in [7, 11) is -24.8. The molecule has 5 aromatic rings. The summed E-state index contributed by atoms with van der Waals surface area (Å²) >= 11 is 6.02. The van der Waals surface area contributed by atoms with Gasteiger partial charge in [-0.3, -0.25) is 4.55 Å². The minimum absolute atomic E-state index is 0. The molecule has 0 amide bonds. The summed E-state index contributed by atoms with van der Waals surface area (Å²) < 4.78 is 166. The minimum Gasteiger partial charge on any atom is -0.870 e. The Morgan fingerprint density at radius 3 is 1.72 bits per heavy atom. The fourth-order valence-electron chi connectivity index (χ4n) is 4.58. The molecule has 0 aliphatic rings. The van der Waals surface area contributed by atoms with E-state index in [9.17, 15) is 60.9 Å². The van der Waals surface area contributed by atoms with Gasteiger partial charge in [0.1, 0.15) is 30.4 Å². The van der Waals surface area contributed by atoms with Crippen molar-refractivity contribution in [3.05, 3.63) is 72.0 Å². The number of sulfone groups is 1. The van der Waals surface area contributed by atoms with Gasteiger partial charge in [0.25, 0.3) is 0 Å². The Hall–Kier alpha value is -1.01. The molecule has 5 rings (SSSR count). The van der Waals surface area contributed by atoms with Gasteiger partial charge in [-0.25, -0.2) is 37.9 Å². The maximum absolute atomic E-state index is 13.9. The maximum Gasteiger partial charge on any atom is 1.00 e. The van der Waals surface area contributed by atoms with Crippen LogP contribution in [0.5, 0.6) is 5.75 Å². The number of aromatic nitrogens is 3. The number of halogens is 1. The van der Waals surface area contributed by atoms with Crippen LogP contribution in [-0.2, 0) is 54.8 Å². The van der Waals surface area contributed by atoms with Crippen molar-refractivity contribution in [3.8, 4) is 5.75 Å². The van der Waals surface area contributed by atoms with E-state index >= 15 is 0 Å². The molecule has 0 fully saturated rings. The zero-order valence-electron chi connectivity index (χ0n) is 31.0. The van der Waals surface area contributed by atoms with E-state index in [4.69, 9.17) is 16.2 Å². The first-order valence-electron chi connectivity index (χ1n) is 14.4. The largest absolute Gasteiger partial charge is 1.00 e. The second-order valence-corrected chi connectivity index (χ2v) is 18.4. The van der Waals surface area contributed by atoms with Crippen LogP contribution in [0, 0.1) is 0 Å². The first-order valence-corrected chi connectivity index (χ1v) is 22.0. The Labute approximate surface area is 434 Å². The van der Waals surface area contributed by atoms with Crippen LogP contribution in [0.2, 0.25) is 5.28 Å². The average Bonchev–Trinajstić information content (AvgIpc) is 3.06. The first kappa shape index (κ1) is 57.0. The summed E-state index contributed by atoms with van der Waals surface area (Å²) in [5.41, 5.74) is -1.73. The van der Waals surface area contributed by atoms with Crippen molar-refractivity contribution in [1.82, 2.24) is 15.0 Å². The Bertz CT molecular complexity index is 2990. The van der Waals surface area contributed by atoms with Crippen LogP contribution in [-0.4, -0.2) is 87.6 Å². The van der Waals surface area contributed by atoms with Gasteiger partial charge in [0.05, 0.1) is 43.3 Å². The van der Waals surface area contributed by atoms with E-state index in [1.54, 1.807) is 0 Å². The van der Waals surface area contributed by atoms with E-state index < -0.39 is 117 Å². The van der Waals surface area contributed by atoms with Crippen molar-refractivity contribution >= 4 is 108 Å². The number of benzene rings is 4. The monoisotopic (exact) mass is 983 g/mol. The fraction of sp³-hybridized carbons (Fsp3) is 0.0741. The van der Waals surface area contributed by atoms with Gasteiger partial charge in [-0.2, -0.15) is 28.5 Å². The Balaban J connectivity index is 0.00000450. The molecule has 0 spiro atoms. The minimum atomic E-state index is -5.58. The van der Waals surface area contributed by atoms with Crippen LogP contribution in [0.1, 0.15) is 0 Å². The van der Waals surface area contributed by atoms with Crippen molar-refractivity contribution < 1.29 is 188 Å². The molecule has 0 atom stereocenters. The number of azo groups is 1. The first-order chi connectivity index (χ1) is 25.8. The SMILES string of the molecule is O=S(=O)(O)OCCS(=O)(=O)c1ccc(N=Nc2c(S(=O)(=O)[O-])cc3cc(S(=O)(=O)[O-])cc(Nc4nc(Cl)nc(Nc5ccc(S(=O)(=O)[O-])cc5)n4)c3c2[O-])cc1.[Na+].[Na+].[Na+].[Na+]. The molecule has 0 saturated carbocycles. The zero-order valence-corrected chi connectivity index (χ0v) is 43.8. The topological polar surface area (TPSA) is 380 Å². The molecule has 0 aliphatic carbocycles. The van der Waals surface area contributed by atoms with E-state index in [0.29, 0.717) is 18.2 Å². The number of nitrogens with one attached hydrogen (secondary N) is 2. The Morgan fingerprint density at radius 2 is 1.20 bits per heavy atom. The predicted octanol–water partition coefficient (Wildman–Crippen LogP) is -10.0. The van der Waals surface area contributed by atoms with Gasteiger partial charge < -0.3 is 29.4 Å². The van der Waals surface area contributed by atoms with Gasteiger partial charge in [0.15, 0.2) is 9.84 Å². The summed E-state index contributed by atoms with van der Waals surface area (Å²) in [4.78, 5) is 8.43. The van der Waals surface area contributed by atoms with Gasteiger partial charge in [-0.05, 0) is 89.1 Å². The molecule has 0 unspecified atom stereocenters. The second kappa shape index (κ2) is 22.3. The van der Waals surface area contributed by atoms with Crippen molar-refractivity contribution in [2.45, 2.75) is 19.6 Å². The standard InChI is InChI=1S/C27H22ClN7O16S5.4Na/c28-25-31-26(29-15-1-7-18(8-2-15)53(39,40)41)33-27(32-25)30-20-13-19(54(42,43)44)11-14-12-21(55(45,46)47)23(24(36)22(14)20)35-34-16-3-5-17(6-4-16)52(37,38)10-9-51-56(48,49)50;;;;/h1-8,11-13,36H,9-10H2,(H,39,40,41)(H,42,43,44)(H,45,46,47)(H,48,49,50)(H2,29,30,31,32,33);;;;/q;4*+1/p-4. The molecule has 0 saturated heterocycles. The molecule has 60 heavy (non-hydrogen) atoms. The van der Waals surface area contributed by atoms with Gasteiger partial charge >= 0.3 is 129 Å². The van der Waals surface area contributed by atoms with Crippen LogP contribution >= 0.6 is 11.6 Å². The van der Waals surface area contributed by atoms with E-state index in [1.807, 2.05) is 0 Å². The number of fused-ring (bicyclic) bond motifs is 1. The quantitative estimate of drug-likeness (QED) is 0.0528. The summed E-state index contributed by atoms with van der Waals surface area (Å²) in [6.07, 6.45) is 0. The average molecular weight is 984 g/mol. The van der Waals surface area contributed by atoms with Gasteiger partial charge in [-0.1, -0.05) is 5.75 Å². The van der Waals surface area contributed by atoms with Crippen molar-refractivity contribution in [3.63, 3.8) is 0 Å². The van der Waals surface area contributed by atoms with Crippen molar-refractivity contribution in [2.24, 2.45) is 10.2 Å². The third-order valence-electron chi connectivity index (χ3n) is 6.96. The molecule has 298 valence electrons. The molecule has 33 heteroatoms. The number of hydrogen-bond acceptors (Lipinski definition) is 22. The van der Waals surface area contributed by atoms with Gasteiger partial charge in [0.2, 0.25) is 17.2 Å². The van der Waals surface area contributed by atoms with E-state index in [-0.39, 0.29) is 140 Å². The molecule has 0 aliphatic heterocycles. The van der Waals surface area contributed by atoms with Crippen LogP contribution < -0.4 is 134 Å². The summed E-state index contributed by atoms with van der Waals surface area (Å²) in [5.74, 6) is -3.08. The summed E-state index contributed by atoms with van der Waals surface area (Å²) in [6, 6.07) is 10.1. The normalized spacial score (nSPS) is 12.1. The van der Waals surface area contributed by atoms with Crippen LogP contribution in [0.25, 0.3) is 10.8 Å². The summed E-state index contributed by atoms with van der Waals surface area (Å²) in [6.45, 7) is -0.921. The molecular weight excluding hydrogens is 966 g/mol. The predicted molar refractivity (Wildman–Crippen MR) is 185 cm³/mol. The molecule has 0 bridgehead atoms. The third kappa shape index (κ3) is 15.3. The number of anilines is 4. The number of rotatable bonds is 14. The van der Waals surface area contributed by atoms with Crippen LogP contribution in [0.15, 0.2) is 96.5 Å². The Morgan fingerprint density at radius 1 is 0.667 bits per heavy atom. The zero-order chi connectivity index (χ0) is 41.4. The molecule has 3 N–H and O–H groups in total. The van der Waals surface area contributed by atoms with Crippen LogP contribution in [0.3, 0.4) is 0 Å². The molecule has 23 nitrogen and oxygen atoms in total. The molecule has 4 aromatic carbocycles. The smallest absolute Gasteiger partial charge is 0.870 e. The molecule has 1 aromatic heterocycles. The van der Waals surface area contributed by atoms with Crippen LogP contribution in [0.4, 0.5) is 34.6 Å². The van der Waals surface area contributed by atoms with Crippen molar-refractivity contribution in [1.29, 1.82) is 0 Å². The fourth-order valence-corrected chi connectivity index (χ4v) is 7.88. The van der Waals surface area contributed by atoms with E-state index in [0.717, 1.165) is 36.4 Å². The molecular formula is C27H18ClN7Na4O16S5. The third-order valence-corrected chi connectivity index (χ3v) is 11.8. The second-order valence-electron chi connectivity index (χ2n) is 10.8. The number of nitrogens with zero attached hydrogens (tertiary/aromatic N) is 5. The van der Waals surface area contributed by atoms with Crippen molar-refractivity contribution in [2.75, 3.05) is 23.0 Å². The van der Waals surface area contributed by atoms with E-state index in [2.05, 4.69) is 40.0 Å². The van der Waals surface area contributed by atoms with E-state index in [1.165, 1.54) is 12.1 Å². The van der Waals surface area contributed by atoms with Gasteiger partial charge in [-0.15, -0.1) is 5.11 Å². The van der Waals surface area contributed by atoms with Gasteiger partial charge in [0, 0.05) is 11.4 Å².